The molecule has 0 aromatic carbocycles. The van der Waals surface area contributed by atoms with Crippen LogP contribution in [0.3, 0.4) is 0 Å². The molecule has 18 heavy (non-hydrogen) atoms. The number of piperidine rings is 2. The zero-order valence-electron chi connectivity index (χ0n) is 11.3. The van der Waals surface area contributed by atoms with Crippen molar-refractivity contribution in [3.8, 4) is 0 Å². The molecular formula is C14H25N3O. The van der Waals surface area contributed by atoms with E-state index in [4.69, 9.17) is 0 Å². The van der Waals surface area contributed by atoms with Gasteiger partial charge in [0.1, 0.15) is 0 Å². The van der Waals surface area contributed by atoms with E-state index in [-0.39, 0.29) is 0 Å². The van der Waals surface area contributed by atoms with Crippen LogP contribution in [-0.4, -0.2) is 61.5 Å². The lowest BCUT2D eigenvalue weighted by molar-refractivity contribution is -0.136. The summed E-state index contributed by atoms with van der Waals surface area (Å²) in [6, 6.07) is 0. The molecule has 3 fully saturated rings. The van der Waals surface area contributed by atoms with Gasteiger partial charge < -0.3 is 10.2 Å². The summed E-state index contributed by atoms with van der Waals surface area (Å²) in [5.74, 6) is 0.350. The predicted octanol–water partition coefficient (Wildman–Crippen LogP) is 0.684. The molecule has 0 aromatic rings. The second-order valence-electron chi connectivity index (χ2n) is 6.26. The second kappa shape index (κ2) is 5.17. The number of rotatable bonds is 2. The van der Waals surface area contributed by atoms with E-state index in [1.807, 2.05) is 4.90 Å². The van der Waals surface area contributed by atoms with E-state index in [0.29, 0.717) is 17.9 Å². The summed E-state index contributed by atoms with van der Waals surface area (Å²) in [4.78, 5) is 16.3. The van der Waals surface area contributed by atoms with Crippen molar-refractivity contribution in [2.24, 2.45) is 5.41 Å². The molecule has 0 unspecified atom stereocenters. The number of carbonyl (C=O) groups is 1. The van der Waals surface area contributed by atoms with Crippen molar-refractivity contribution >= 4 is 5.91 Å². The van der Waals surface area contributed by atoms with Gasteiger partial charge in [-0.2, -0.15) is 0 Å². The maximum Gasteiger partial charge on any atom is 0.236 e. The van der Waals surface area contributed by atoms with Crippen LogP contribution in [0.5, 0.6) is 0 Å². The van der Waals surface area contributed by atoms with Crippen LogP contribution < -0.4 is 5.32 Å². The minimum absolute atomic E-state index is 0.350. The largest absolute Gasteiger partial charge is 0.341 e. The molecule has 0 aliphatic carbocycles. The fourth-order valence-corrected chi connectivity index (χ4v) is 3.50. The van der Waals surface area contributed by atoms with Crippen LogP contribution in [0.15, 0.2) is 0 Å². The third-order valence-electron chi connectivity index (χ3n) is 5.15. The first-order valence-corrected chi connectivity index (χ1v) is 7.48. The van der Waals surface area contributed by atoms with Gasteiger partial charge in [0.2, 0.25) is 5.91 Å². The van der Waals surface area contributed by atoms with Crippen molar-refractivity contribution in [2.75, 3.05) is 45.8 Å². The molecule has 0 aromatic heterocycles. The summed E-state index contributed by atoms with van der Waals surface area (Å²) in [7, 11) is 0. The molecule has 0 saturated carbocycles. The van der Waals surface area contributed by atoms with Gasteiger partial charge in [-0.3, -0.25) is 9.69 Å². The van der Waals surface area contributed by atoms with Crippen LogP contribution in [0.4, 0.5) is 0 Å². The van der Waals surface area contributed by atoms with Gasteiger partial charge in [0.05, 0.1) is 6.54 Å². The summed E-state index contributed by atoms with van der Waals surface area (Å²) in [5.41, 5.74) is 0.599. The first-order chi connectivity index (χ1) is 8.77. The van der Waals surface area contributed by atoms with Crippen molar-refractivity contribution in [1.29, 1.82) is 0 Å². The predicted molar refractivity (Wildman–Crippen MR) is 71.4 cm³/mol. The fourth-order valence-electron chi connectivity index (χ4n) is 3.50. The first-order valence-electron chi connectivity index (χ1n) is 7.48. The monoisotopic (exact) mass is 251 g/mol. The maximum absolute atomic E-state index is 11.9. The van der Waals surface area contributed by atoms with E-state index in [0.717, 1.165) is 26.2 Å². The highest BCUT2D eigenvalue weighted by molar-refractivity contribution is 5.78. The Balaban J connectivity index is 1.46. The average molecular weight is 251 g/mol. The summed E-state index contributed by atoms with van der Waals surface area (Å²) in [6.07, 6.45) is 6.45. The minimum Gasteiger partial charge on any atom is -0.341 e. The van der Waals surface area contributed by atoms with Crippen molar-refractivity contribution in [1.82, 2.24) is 15.1 Å². The van der Waals surface area contributed by atoms with Crippen molar-refractivity contribution < 1.29 is 4.79 Å². The normalized spacial score (nSPS) is 28.1. The zero-order valence-corrected chi connectivity index (χ0v) is 11.3. The zero-order chi connectivity index (χ0) is 12.4. The van der Waals surface area contributed by atoms with Crippen LogP contribution in [-0.2, 0) is 4.79 Å². The molecule has 0 atom stereocenters. The lowest BCUT2D eigenvalue weighted by atomic mass is 9.71. The number of nitrogens with one attached hydrogen (secondary N) is 1. The molecule has 0 bridgehead atoms. The highest BCUT2D eigenvalue weighted by atomic mass is 16.2. The van der Waals surface area contributed by atoms with E-state index in [9.17, 15) is 4.79 Å². The molecule has 3 rings (SSSR count). The molecule has 102 valence electrons. The lowest BCUT2D eigenvalue weighted by Crippen LogP contribution is -2.50. The van der Waals surface area contributed by atoms with Gasteiger partial charge in [-0.05, 0) is 63.7 Å². The van der Waals surface area contributed by atoms with Crippen LogP contribution >= 0.6 is 0 Å². The molecule has 1 N–H and O–H groups in total. The van der Waals surface area contributed by atoms with Crippen LogP contribution in [0.25, 0.3) is 0 Å². The number of hydrogen-bond donors (Lipinski definition) is 1. The molecule has 4 nitrogen and oxygen atoms in total. The quantitative estimate of drug-likeness (QED) is 0.784. The Kier molecular flexibility index (Phi) is 3.57. The molecule has 0 radical (unpaired) electrons. The number of amides is 1. The Morgan fingerprint density at radius 2 is 1.67 bits per heavy atom. The minimum atomic E-state index is 0.350. The number of carbonyl (C=O) groups excluding carboxylic acids is 1. The van der Waals surface area contributed by atoms with Gasteiger partial charge in [-0.1, -0.05) is 0 Å². The van der Waals surface area contributed by atoms with Gasteiger partial charge in [-0.25, -0.2) is 0 Å². The number of nitrogens with zero attached hydrogens (tertiary/aromatic N) is 2. The van der Waals surface area contributed by atoms with Gasteiger partial charge >= 0.3 is 0 Å². The van der Waals surface area contributed by atoms with E-state index in [1.54, 1.807) is 0 Å². The van der Waals surface area contributed by atoms with Gasteiger partial charge in [0.15, 0.2) is 0 Å². The smallest absolute Gasteiger partial charge is 0.236 e. The standard InChI is InChI=1S/C14H25N3O/c18-13(17-8-1-9-17)12-16-10-4-14(5-11-16)2-6-15-7-3-14/h15H,1-12H2. The Hall–Kier alpha value is -0.610. The van der Waals surface area contributed by atoms with Gasteiger partial charge in [0, 0.05) is 13.1 Å². The molecule has 3 aliphatic heterocycles. The Morgan fingerprint density at radius 1 is 1.00 bits per heavy atom. The molecule has 1 spiro atoms. The van der Waals surface area contributed by atoms with Crippen LogP contribution in [0.1, 0.15) is 32.1 Å². The number of likely N-dealkylation sites (tertiary alicyclic amines) is 2. The summed E-state index contributed by atoms with van der Waals surface area (Å²) in [6.45, 7) is 7.26. The molecule has 3 aliphatic rings. The third kappa shape index (κ3) is 2.54. The van der Waals surface area contributed by atoms with Crippen LogP contribution in [0, 0.1) is 5.41 Å². The summed E-state index contributed by atoms with van der Waals surface area (Å²) in [5, 5.41) is 3.46. The van der Waals surface area contributed by atoms with Crippen molar-refractivity contribution in [3.63, 3.8) is 0 Å². The first kappa shape index (κ1) is 12.4. The molecule has 3 saturated heterocycles. The molecular weight excluding hydrogens is 226 g/mol. The van der Waals surface area contributed by atoms with E-state index in [1.165, 1.54) is 45.2 Å². The average Bonchev–Trinajstić information content (AvgIpc) is 2.31. The fraction of sp³-hybridized carbons (Fsp3) is 0.929. The van der Waals surface area contributed by atoms with E-state index in [2.05, 4.69) is 10.2 Å². The SMILES string of the molecule is O=C(CN1CCC2(CCNCC2)CC1)N1CCC1. The van der Waals surface area contributed by atoms with E-state index < -0.39 is 0 Å². The molecule has 3 heterocycles. The number of hydrogen-bond acceptors (Lipinski definition) is 3. The maximum atomic E-state index is 11.9. The van der Waals surface area contributed by atoms with Gasteiger partial charge in [-0.15, -0.1) is 0 Å². The highest BCUT2D eigenvalue weighted by Gasteiger charge is 2.36. The highest BCUT2D eigenvalue weighted by Crippen LogP contribution is 2.39. The topological polar surface area (TPSA) is 35.6 Å². The Labute approximate surface area is 110 Å². The second-order valence-corrected chi connectivity index (χ2v) is 6.26. The lowest BCUT2D eigenvalue weighted by Gasteiger charge is -2.44. The third-order valence-corrected chi connectivity index (χ3v) is 5.15. The van der Waals surface area contributed by atoms with Crippen molar-refractivity contribution in [3.05, 3.63) is 0 Å². The van der Waals surface area contributed by atoms with Crippen LogP contribution in [0.2, 0.25) is 0 Å². The van der Waals surface area contributed by atoms with Crippen molar-refractivity contribution in [2.45, 2.75) is 32.1 Å². The summed E-state index contributed by atoms with van der Waals surface area (Å²) < 4.78 is 0. The Morgan fingerprint density at radius 3 is 2.22 bits per heavy atom. The molecule has 4 heteroatoms. The Bertz CT molecular complexity index is 298. The van der Waals surface area contributed by atoms with Gasteiger partial charge in [0.25, 0.3) is 0 Å². The van der Waals surface area contributed by atoms with E-state index >= 15 is 0 Å². The molecule has 1 amide bonds. The summed E-state index contributed by atoms with van der Waals surface area (Å²) >= 11 is 0.